The van der Waals surface area contributed by atoms with E-state index in [1.807, 2.05) is 19.1 Å². The maximum atomic E-state index is 12.0. The fourth-order valence-corrected chi connectivity index (χ4v) is 1.94. The van der Waals surface area contributed by atoms with E-state index in [0.717, 1.165) is 18.4 Å². The third-order valence-electron chi connectivity index (χ3n) is 3.27. The van der Waals surface area contributed by atoms with Gasteiger partial charge in [0.2, 0.25) is 0 Å². The zero-order chi connectivity index (χ0) is 13.0. The molecule has 1 aromatic carbocycles. The molecule has 0 aliphatic carbocycles. The van der Waals surface area contributed by atoms with Crippen molar-refractivity contribution in [3.63, 3.8) is 0 Å². The van der Waals surface area contributed by atoms with E-state index in [0.29, 0.717) is 18.8 Å². The van der Waals surface area contributed by atoms with Gasteiger partial charge in [0, 0.05) is 12.8 Å². The average molecular weight is 246 g/mol. The van der Waals surface area contributed by atoms with Crippen LogP contribution in [0.2, 0.25) is 0 Å². The first-order chi connectivity index (χ1) is 8.63. The smallest absolute Gasteiger partial charge is 0.338 e. The Balaban J connectivity index is 2.04. The van der Waals surface area contributed by atoms with Crippen LogP contribution in [0.5, 0.6) is 0 Å². The van der Waals surface area contributed by atoms with E-state index in [4.69, 9.17) is 9.47 Å². The first-order valence-electron chi connectivity index (χ1n) is 6.17. The van der Waals surface area contributed by atoms with Crippen LogP contribution in [0, 0.1) is 0 Å². The third-order valence-corrected chi connectivity index (χ3v) is 3.27. The van der Waals surface area contributed by atoms with Crippen LogP contribution in [-0.2, 0) is 9.47 Å². The maximum absolute atomic E-state index is 12.0. The van der Waals surface area contributed by atoms with Crippen LogP contribution in [0.25, 0.3) is 6.08 Å². The second-order valence-electron chi connectivity index (χ2n) is 4.78. The Morgan fingerprint density at radius 3 is 2.50 bits per heavy atom. The van der Waals surface area contributed by atoms with Gasteiger partial charge in [-0.05, 0) is 24.6 Å². The minimum atomic E-state index is -0.396. The molecule has 2 rings (SSSR count). The Labute approximate surface area is 107 Å². The van der Waals surface area contributed by atoms with Crippen molar-refractivity contribution in [3.05, 3.63) is 42.0 Å². The van der Waals surface area contributed by atoms with Crippen molar-refractivity contribution in [1.29, 1.82) is 0 Å². The number of hydrogen-bond donors (Lipinski definition) is 0. The molecule has 1 saturated heterocycles. The molecule has 0 unspecified atom stereocenters. The highest BCUT2D eigenvalue weighted by Gasteiger charge is 2.31. The van der Waals surface area contributed by atoms with Crippen molar-refractivity contribution in [2.45, 2.75) is 25.4 Å². The molecule has 3 nitrogen and oxygen atoms in total. The number of carbonyl (C=O) groups is 1. The lowest BCUT2D eigenvalue weighted by molar-refractivity contribution is -0.0691. The molecule has 0 radical (unpaired) electrons. The van der Waals surface area contributed by atoms with Crippen molar-refractivity contribution in [1.82, 2.24) is 0 Å². The fourth-order valence-electron chi connectivity index (χ4n) is 1.94. The van der Waals surface area contributed by atoms with Crippen LogP contribution in [-0.4, -0.2) is 24.8 Å². The molecule has 0 N–H and O–H groups in total. The molecule has 0 saturated carbocycles. The Morgan fingerprint density at radius 2 is 1.94 bits per heavy atom. The average Bonchev–Trinajstić information content (AvgIpc) is 2.39. The summed E-state index contributed by atoms with van der Waals surface area (Å²) in [6.07, 6.45) is 3.25. The summed E-state index contributed by atoms with van der Waals surface area (Å²) in [6, 6.07) is 7.25. The van der Waals surface area contributed by atoms with Gasteiger partial charge < -0.3 is 9.47 Å². The van der Waals surface area contributed by atoms with Crippen LogP contribution in [0.3, 0.4) is 0 Å². The Bertz CT molecular complexity index is 428. The van der Waals surface area contributed by atoms with Gasteiger partial charge >= 0.3 is 5.97 Å². The van der Waals surface area contributed by atoms with Gasteiger partial charge in [-0.2, -0.15) is 0 Å². The van der Waals surface area contributed by atoms with E-state index in [-0.39, 0.29) is 5.97 Å². The quantitative estimate of drug-likeness (QED) is 0.769. The van der Waals surface area contributed by atoms with Crippen LogP contribution in [0.4, 0.5) is 0 Å². The molecule has 0 spiro atoms. The fraction of sp³-hybridized carbons (Fsp3) is 0.400. The summed E-state index contributed by atoms with van der Waals surface area (Å²) >= 11 is 0. The van der Waals surface area contributed by atoms with E-state index in [2.05, 4.69) is 6.58 Å². The molecule has 0 bridgehead atoms. The van der Waals surface area contributed by atoms with E-state index < -0.39 is 5.60 Å². The predicted molar refractivity (Wildman–Crippen MR) is 70.4 cm³/mol. The zero-order valence-electron chi connectivity index (χ0n) is 10.6. The van der Waals surface area contributed by atoms with Crippen LogP contribution in [0.1, 0.15) is 35.7 Å². The number of carbonyl (C=O) groups excluding carboxylic acids is 1. The number of ether oxygens (including phenoxy) is 2. The summed E-state index contributed by atoms with van der Waals surface area (Å²) in [5.41, 5.74) is 1.17. The van der Waals surface area contributed by atoms with Gasteiger partial charge in [-0.25, -0.2) is 4.79 Å². The number of hydrogen-bond acceptors (Lipinski definition) is 3. The summed E-state index contributed by atoms with van der Waals surface area (Å²) < 4.78 is 10.9. The molecule has 1 aromatic rings. The highest BCUT2D eigenvalue weighted by Crippen LogP contribution is 2.25. The molecule has 1 fully saturated rings. The van der Waals surface area contributed by atoms with Crippen molar-refractivity contribution >= 4 is 12.0 Å². The Morgan fingerprint density at radius 1 is 1.33 bits per heavy atom. The SMILES string of the molecule is C=Cc1ccc(C(=O)OC2(C)CCOCC2)cc1. The molecule has 0 amide bonds. The number of esters is 1. The minimum Gasteiger partial charge on any atom is -0.456 e. The Hall–Kier alpha value is -1.61. The van der Waals surface area contributed by atoms with Gasteiger partial charge in [-0.3, -0.25) is 0 Å². The molecule has 0 aromatic heterocycles. The summed E-state index contributed by atoms with van der Waals surface area (Å²) in [5, 5.41) is 0. The first-order valence-corrected chi connectivity index (χ1v) is 6.17. The van der Waals surface area contributed by atoms with E-state index in [1.165, 1.54) is 0 Å². The predicted octanol–water partition coefficient (Wildman–Crippen LogP) is 3.06. The Kier molecular flexibility index (Phi) is 3.82. The molecular formula is C15H18O3. The molecule has 96 valence electrons. The highest BCUT2D eigenvalue weighted by atomic mass is 16.6. The number of benzene rings is 1. The second kappa shape index (κ2) is 5.36. The van der Waals surface area contributed by atoms with Gasteiger partial charge in [0.05, 0.1) is 18.8 Å². The second-order valence-corrected chi connectivity index (χ2v) is 4.78. The first kappa shape index (κ1) is 12.8. The molecule has 1 aliphatic heterocycles. The van der Waals surface area contributed by atoms with Crippen LogP contribution in [0.15, 0.2) is 30.8 Å². The van der Waals surface area contributed by atoms with Crippen molar-refractivity contribution in [2.75, 3.05) is 13.2 Å². The monoisotopic (exact) mass is 246 g/mol. The lowest BCUT2D eigenvalue weighted by Gasteiger charge is -2.33. The minimum absolute atomic E-state index is 0.269. The zero-order valence-corrected chi connectivity index (χ0v) is 10.6. The van der Waals surface area contributed by atoms with Crippen molar-refractivity contribution in [3.8, 4) is 0 Å². The van der Waals surface area contributed by atoms with Gasteiger partial charge in [0.1, 0.15) is 5.60 Å². The standard InChI is InChI=1S/C15H18O3/c1-3-12-4-6-13(7-5-12)14(16)18-15(2)8-10-17-11-9-15/h3-7H,1,8-11H2,2H3. The van der Waals surface area contributed by atoms with E-state index >= 15 is 0 Å². The topological polar surface area (TPSA) is 35.5 Å². The van der Waals surface area contributed by atoms with Crippen LogP contribution < -0.4 is 0 Å². The molecule has 1 heterocycles. The summed E-state index contributed by atoms with van der Waals surface area (Å²) in [6.45, 7) is 6.95. The van der Waals surface area contributed by atoms with Crippen LogP contribution >= 0.6 is 0 Å². The van der Waals surface area contributed by atoms with Gasteiger partial charge in [0.25, 0.3) is 0 Å². The van der Waals surface area contributed by atoms with Gasteiger partial charge in [-0.1, -0.05) is 24.8 Å². The summed E-state index contributed by atoms with van der Waals surface area (Å²) in [4.78, 5) is 12.0. The highest BCUT2D eigenvalue weighted by molar-refractivity contribution is 5.89. The van der Waals surface area contributed by atoms with Crippen molar-refractivity contribution in [2.24, 2.45) is 0 Å². The lowest BCUT2D eigenvalue weighted by atomic mass is 9.96. The normalized spacial score (nSPS) is 18.1. The van der Waals surface area contributed by atoms with E-state index in [1.54, 1.807) is 18.2 Å². The molecule has 1 aliphatic rings. The lowest BCUT2D eigenvalue weighted by Crippen LogP contribution is -2.37. The molecule has 3 heteroatoms. The van der Waals surface area contributed by atoms with E-state index in [9.17, 15) is 4.79 Å². The summed E-state index contributed by atoms with van der Waals surface area (Å²) in [5.74, 6) is -0.269. The molecule has 0 atom stereocenters. The maximum Gasteiger partial charge on any atom is 0.338 e. The molecular weight excluding hydrogens is 228 g/mol. The summed E-state index contributed by atoms with van der Waals surface area (Å²) in [7, 11) is 0. The number of rotatable bonds is 3. The third kappa shape index (κ3) is 2.99. The molecule has 18 heavy (non-hydrogen) atoms. The van der Waals surface area contributed by atoms with Crippen molar-refractivity contribution < 1.29 is 14.3 Å². The largest absolute Gasteiger partial charge is 0.456 e. The van der Waals surface area contributed by atoms with Gasteiger partial charge in [0.15, 0.2) is 0 Å². The van der Waals surface area contributed by atoms with Gasteiger partial charge in [-0.15, -0.1) is 0 Å².